The van der Waals surface area contributed by atoms with Crippen LogP contribution in [0.15, 0.2) is 46.2 Å². The van der Waals surface area contributed by atoms with Gasteiger partial charge in [-0.25, -0.2) is 0 Å². The first-order valence-corrected chi connectivity index (χ1v) is 8.38. The summed E-state index contributed by atoms with van der Waals surface area (Å²) in [6.45, 7) is 6.58. The Balaban J connectivity index is 1.89. The van der Waals surface area contributed by atoms with Crippen molar-refractivity contribution < 1.29 is 4.42 Å². The van der Waals surface area contributed by atoms with Crippen LogP contribution in [0.1, 0.15) is 49.1 Å². The number of para-hydroxylation sites is 1. The molecule has 3 rings (SSSR count). The highest BCUT2D eigenvalue weighted by Crippen LogP contribution is 2.32. The van der Waals surface area contributed by atoms with Crippen LogP contribution < -0.4 is 5.32 Å². The van der Waals surface area contributed by atoms with Crippen LogP contribution in [0.2, 0.25) is 0 Å². The molecule has 3 aromatic rings. The first-order valence-electron chi connectivity index (χ1n) is 7.50. The second-order valence-corrected chi connectivity index (χ2v) is 6.40. The lowest BCUT2D eigenvalue weighted by molar-refractivity contribution is 0.416. The number of aryl methyl sites for hydroxylation is 1. The van der Waals surface area contributed by atoms with Crippen molar-refractivity contribution in [2.75, 3.05) is 0 Å². The average molecular weight is 299 g/mol. The summed E-state index contributed by atoms with van der Waals surface area (Å²) in [5.41, 5.74) is 2.31. The Labute approximate surface area is 129 Å². The Kier molecular flexibility index (Phi) is 4.13. The van der Waals surface area contributed by atoms with Gasteiger partial charge >= 0.3 is 0 Å². The van der Waals surface area contributed by atoms with E-state index < -0.39 is 0 Å². The zero-order chi connectivity index (χ0) is 14.8. The molecular formula is C18H21NOS. The third-order valence-electron chi connectivity index (χ3n) is 3.95. The van der Waals surface area contributed by atoms with E-state index in [1.165, 1.54) is 15.8 Å². The van der Waals surface area contributed by atoms with Gasteiger partial charge in [0.15, 0.2) is 0 Å². The SMILES string of the molecule is CCc1c(C(C)NC(C)c2cccs2)oc2ccccc12. The second-order valence-electron chi connectivity index (χ2n) is 5.42. The van der Waals surface area contributed by atoms with Crippen molar-refractivity contribution in [2.45, 2.75) is 39.3 Å². The third kappa shape index (κ3) is 2.76. The molecule has 1 N–H and O–H groups in total. The smallest absolute Gasteiger partial charge is 0.134 e. The van der Waals surface area contributed by atoms with Crippen molar-refractivity contribution in [1.29, 1.82) is 0 Å². The molecule has 1 aromatic carbocycles. The van der Waals surface area contributed by atoms with Crippen LogP contribution in [0.5, 0.6) is 0 Å². The van der Waals surface area contributed by atoms with Crippen molar-refractivity contribution in [2.24, 2.45) is 0 Å². The molecule has 0 aliphatic rings. The van der Waals surface area contributed by atoms with Crippen molar-refractivity contribution in [3.8, 4) is 0 Å². The maximum Gasteiger partial charge on any atom is 0.134 e. The van der Waals surface area contributed by atoms with E-state index in [4.69, 9.17) is 4.42 Å². The molecule has 0 amide bonds. The molecule has 2 nitrogen and oxygen atoms in total. The second kappa shape index (κ2) is 6.04. The van der Waals surface area contributed by atoms with Crippen LogP contribution in [0, 0.1) is 0 Å². The molecule has 110 valence electrons. The fourth-order valence-corrected chi connectivity index (χ4v) is 3.65. The molecule has 0 saturated carbocycles. The Hall–Kier alpha value is -1.58. The summed E-state index contributed by atoms with van der Waals surface area (Å²) >= 11 is 1.79. The fraction of sp³-hybridized carbons (Fsp3) is 0.333. The number of rotatable bonds is 5. The lowest BCUT2D eigenvalue weighted by Gasteiger charge is -2.18. The third-order valence-corrected chi connectivity index (χ3v) is 5.00. The summed E-state index contributed by atoms with van der Waals surface area (Å²) in [7, 11) is 0. The molecule has 0 radical (unpaired) electrons. The van der Waals surface area contributed by atoms with Gasteiger partial charge in [-0.1, -0.05) is 31.2 Å². The maximum absolute atomic E-state index is 6.11. The van der Waals surface area contributed by atoms with E-state index in [0.29, 0.717) is 6.04 Å². The molecule has 0 spiro atoms. The highest BCUT2D eigenvalue weighted by Gasteiger charge is 2.20. The maximum atomic E-state index is 6.11. The van der Waals surface area contributed by atoms with Crippen LogP contribution in [-0.2, 0) is 6.42 Å². The predicted molar refractivity (Wildman–Crippen MR) is 89.9 cm³/mol. The first-order chi connectivity index (χ1) is 10.2. The van der Waals surface area contributed by atoms with Gasteiger partial charge in [-0.05, 0) is 37.8 Å². The minimum Gasteiger partial charge on any atom is -0.459 e. The van der Waals surface area contributed by atoms with Gasteiger partial charge in [0.1, 0.15) is 11.3 Å². The fourth-order valence-electron chi connectivity index (χ4n) is 2.90. The van der Waals surface area contributed by atoms with Gasteiger partial charge < -0.3 is 9.73 Å². The molecule has 21 heavy (non-hydrogen) atoms. The molecule has 2 heterocycles. The molecule has 0 saturated heterocycles. The Bertz CT molecular complexity index is 714. The summed E-state index contributed by atoms with van der Waals surface area (Å²) in [6.07, 6.45) is 0.992. The van der Waals surface area contributed by atoms with Crippen molar-refractivity contribution in [3.63, 3.8) is 0 Å². The summed E-state index contributed by atoms with van der Waals surface area (Å²) < 4.78 is 6.11. The van der Waals surface area contributed by atoms with Crippen LogP contribution >= 0.6 is 11.3 Å². The summed E-state index contributed by atoms with van der Waals surface area (Å²) in [4.78, 5) is 1.36. The van der Waals surface area contributed by atoms with Crippen LogP contribution in [0.25, 0.3) is 11.0 Å². The highest BCUT2D eigenvalue weighted by molar-refractivity contribution is 7.10. The number of nitrogens with one attached hydrogen (secondary N) is 1. The molecule has 2 unspecified atom stereocenters. The highest BCUT2D eigenvalue weighted by atomic mass is 32.1. The van der Waals surface area contributed by atoms with Gasteiger partial charge in [0.25, 0.3) is 0 Å². The lowest BCUT2D eigenvalue weighted by atomic mass is 10.0. The van der Waals surface area contributed by atoms with E-state index in [2.05, 4.69) is 55.7 Å². The molecule has 0 fully saturated rings. The van der Waals surface area contributed by atoms with Crippen molar-refractivity contribution in [3.05, 3.63) is 58.0 Å². The number of hydrogen-bond acceptors (Lipinski definition) is 3. The standard InChI is InChI=1S/C18H21NOS/c1-4-14-15-8-5-6-9-16(15)20-18(14)13(3)19-12(2)17-10-7-11-21-17/h5-13,19H,4H2,1-3H3. The van der Waals surface area contributed by atoms with E-state index in [1.54, 1.807) is 11.3 Å². The number of fused-ring (bicyclic) bond motifs is 1. The Morgan fingerprint density at radius 3 is 2.62 bits per heavy atom. The van der Waals surface area contributed by atoms with Gasteiger partial charge in [-0.2, -0.15) is 0 Å². The number of benzene rings is 1. The zero-order valence-electron chi connectivity index (χ0n) is 12.7. The quantitative estimate of drug-likeness (QED) is 0.676. The van der Waals surface area contributed by atoms with E-state index in [9.17, 15) is 0 Å². The van der Waals surface area contributed by atoms with Crippen LogP contribution in [-0.4, -0.2) is 0 Å². The van der Waals surface area contributed by atoms with Gasteiger partial charge in [0.2, 0.25) is 0 Å². The zero-order valence-corrected chi connectivity index (χ0v) is 13.5. The van der Waals surface area contributed by atoms with Gasteiger partial charge in [-0.3, -0.25) is 0 Å². The molecule has 0 aliphatic carbocycles. The first kappa shape index (κ1) is 14.4. The molecule has 3 heteroatoms. The number of thiophene rings is 1. The minimum absolute atomic E-state index is 0.199. The minimum atomic E-state index is 0.199. The summed E-state index contributed by atoms with van der Waals surface area (Å²) in [5.74, 6) is 1.07. The van der Waals surface area contributed by atoms with Crippen LogP contribution in [0.3, 0.4) is 0 Å². The van der Waals surface area contributed by atoms with E-state index >= 15 is 0 Å². The Morgan fingerprint density at radius 1 is 1.10 bits per heavy atom. The number of furan rings is 1. The predicted octanol–water partition coefficient (Wildman–Crippen LogP) is 5.47. The normalized spacial score (nSPS) is 14.4. The lowest BCUT2D eigenvalue weighted by Crippen LogP contribution is -2.22. The van der Waals surface area contributed by atoms with Gasteiger partial charge in [-0.15, -0.1) is 11.3 Å². The van der Waals surface area contributed by atoms with Gasteiger partial charge in [0, 0.05) is 21.9 Å². The Morgan fingerprint density at radius 2 is 1.90 bits per heavy atom. The topological polar surface area (TPSA) is 25.2 Å². The van der Waals surface area contributed by atoms with Crippen molar-refractivity contribution >= 4 is 22.3 Å². The van der Waals surface area contributed by atoms with Gasteiger partial charge in [0.05, 0.1) is 6.04 Å². The molecule has 0 aliphatic heterocycles. The number of hydrogen-bond donors (Lipinski definition) is 1. The molecular weight excluding hydrogens is 278 g/mol. The molecule has 2 atom stereocenters. The summed E-state index contributed by atoms with van der Waals surface area (Å²) in [6, 6.07) is 13.1. The van der Waals surface area contributed by atoms with E-state index in [-0.39, 0.29) is 6.04 Å². The van der Waals surface area contributed by atoms with E-state index in [0.717, 1.165) is 17.8 Å². The van der Waals surface area contributed by atoms with E-state index in [1.807, 2.05) is 12.1 Å². The largest absolute Gasteiger partial charge is 0.459 e. The van der Waals surface area contributed by atoms with Crippen molar-refractivity contribution in [1.82, 2.24) is 5.32 Å². The monoisotopic (exact) mass is 299 g/mol. The summed E-state index contributed by atoms with van der Waals surface area (Å²) in [5, 5.41) is 7.02. The molecule has 0 bridgehead atoms. The molecule has 2 aromatic heterocycles. The van der Waals surface area contributed by atoms with Crippen LogP contribution in [0.4, 0.5) is 0 Å². The average Bonchev–Trinajstić information content (AvgIpc) is 3.14.